The molecule has 214 valence electrons. The summed E-state index contributed by atoms with van der Waals surface area (Å²) < 4.78 is 131. The van der Waals surface area contributed by atoms with E-state index in [1.54, 1.807) is 0 Å². The van der Waals surface area contributed by atoms with Crippen molar-refractivity contribution in [3.63, 3.8) is 0 Å². The Labute approximate surface area is 221 Å². The minimum Gasteiger partial charge on any atom is -0.337 e. The zero-order valence-electron chi connectivity index (χ0n) is 20.5. The molecule has 0 unspecified atom stereocenters. The zero-order chi connectivity index (χ0) is 29.0. The van der Waals surface area contributed by atoms with Crippen LogP contribution in [0.4, 0.5) is 26.3 Å². The quantitative estimate of drug-likeness (QED) is 0.444. The van der Waals surface area contributed by atoms with Crippen molar-refractivity contribution in [2.75, 3.05) is 13.1 Å². The Balaban J connectivity index is 1.53. The summed E-state index contributed by atoms with van der Waals surface area (Å²) in [5, 5.41) is -1.98. The molecule has 15 heteroatoms. The second kappa shape index (κ2) is 10.1. The topological polar surface area (TPSA) is 101 Å². The first-order chi connectivity index (χ1) is 17.9. The van der Waals surface area contributed by atoms with Gasteiger partial charge in [-0.1, -0.05) is 6.07 Å². The molecular formula is C24H24F6N2O5S2. The van der Waals surface area contributed by atoms with Crippen molar-refractivity contribution < 1.29 is 48.0 Å². The number of likely N-dealkylation sites (tertiary alicyclic amines) is 1. The van der Waals surface area contributed by atoms with E-state index in [-0.39, 0.29) is 38.8 Å². The van der Waals surface area contributed by atoms with Gasteiger partial charge in [0.2, 0.25) is 0 Å². The molecule has 2 fully saturated rings. The third-order valence-corrected chi connectivity index (χ3v) is 11.7. The van der Waals surface area contributed by atoms with Crippen LogP contribution in [-0.2, 0) is 32.0 Å². The molecule has 2 heterocycles. The molecule has 1 aromatic carbocycles. The number of hydrogen-bond acceptors (Lipinski definition) is 6. The standard InChI is InChI=1S/C24H24F6N2O5S2/c1-14(38(34,35)19-4-2-3-16(11-19)23(25,26)27)15-7-9-32(10-8-15)22(33)21-20(39(36,37)18-5-6-18)12-17(13-31-21)24(28,29)30/h2-4,11-15,18H,5-10H2,1H3/t14-/m1/s1. The summed E-state index contributed by atoms with van der Waals surface area (Å²) >= 11 is 0. The molecular weight excluding hydrogens is 574 g/mol. The smallest absolute Gasteiger partial charge is 0.337 e. The van der Waals surface area contributed by atoms with Crippen LogP contribution in [0.5, 0.6) is 0 Å². The molecule has 1 aliphatic carbocycles. The van der Waals surface area contributed by atoms with Crippen molar-refractivity contribution in [3.05, 3.63) is 53.3 Å². The Bertz CT molecular complexity index is 1480. The van der Waals surface area contributed by atoms with E-state index in [0.29, 0.717) is 18.3 Å². The molecule has 1 aromatic heterocycles. The van der Waals surface area contributed by atoms with Gasteiger partial charge in [-0.2, -0.15) is 26.3 Å². The molecule has 1 saturated heterocycles. The molecule has 0 N–H and O–H groups in total. The predicted molar refractivity (Wildman–Crippen MR) is 126 cm³/mol. The Morgan fingerprint density at radius 1 is 0.923 bits per heavy atom. The first-order valence-corrected chi connectivity index (χ1v) is 15.0. The molecule has 7 nitrogen and oxygen atoms in total. The lowest BCUT2D eigenvalue weighted by molar-refractivity contribution is -0.138. The summed E-state index contributed by atoms with van der Waals surface area (Å²) in [6, 6.07) is 3.85. The normalized spacial score (nSPS) is 18.7. The van der Waals surface area contributed by atoms with E-state index in [1.807, 2.05) is 0 Å². The molecule has 2 aliphatic rings. The number of pyridine rings is 1. The number of amides is 1. The summed E-state index contributed by atoms with van der Waals surface area (Å²) in [6.45, 7) is 1.28. The second-order valence-electron chi connectivity index (χ2n) is 9.72. The van der Waals surface area contributed by atoms with Crippen molar-refractivity contribution >= 4 is 25.6 Å². The van der Waals surface area contributed by atoms with Crippen LogP contribution in [0.15, 0.2) is 46.3 Å². The fraction of sp³-hybridized carbons (Fsp3) is 0.500. The third-order valence-electron chi connectivity index (χ3n) is 7.12. The SMILES string of the molecule is C[C@H](C1CCN(C(=O)c2ncc(C(F)(F)F)cc2S(=O)(=O)C2CC2)CC1)S(=O)(=O)c1cccc(C(F)(F)F)c1. The van der Waals surface area contributed by atoms with Crippen molar-refractivity contribution in [2.45, 2.75) is 65.3 Å². The van der Waals surface area contributed by atoms with E-state index in [0.717, 1.165) is 18.2 Å². The summed E-state index contributed by atoms with van der Waals surface area (Å²) in [4.78, 5) is 16.7. The molecule has 0 radical (unpaired) electrons. The summed E-state index contributed by atoms with van der Waals surface area (Å²) in [7, 11) is -8.38. The highest BCUT2D eigenvalue weighted by atomic mass is 32.2. The van der Waals surface area contributed by atoms with E-state index >= 15 is 0 Å². The van der Waals surface area contributed by atoms with Gasteiger partial charge in [0.15, 0.2) is 19.7 Å². The number of halogens is 6. The molecule has 1 amide bonds. The average Bonchev–Trinajstić information content (AvgIpc) is 3.73. The van der Waals surface area contributed by atoms with E-state index in [1.165, 1.54) is 11.8 Å². The maximum Gasteiger partial charge on any atom is 0.417 e. The predicted octanol–water partition coefficient (Wildman–Crippen LogP) is 4.77. The lowest BCUT2D eigenvalue weighted by Crippen LogP contribution is -2.43. The van der Waals surface area contributed by atoms with Gasteiger partial charge in [0.1, 0.15) is 5.69 Å². The number of carbonyl (C=O) groups excluding carboxylic acids is 1. The second-order valence-corrected chi connectivity index (χ2v) is 14.2. The highest BCUT2D eigenvalue weighted by Gasteiger charge is 2.43. The van der Waals surface area contributed by atoms with Gasteiger partial charge in [0.05, 0.1) is 31.4 Å². The number of alkyl halides is 6. The number of benzene rings is 1. The molecule has 4 rings (SSSR count). The number of aromatic nitrogens is 1. The minimum absolute atomic E-state index is 0.0441. The maximum absolute atomic E-state index is 13.2. The zero-order valence-corrected chi connectivity index (χ0v) is 22.1. The Morgan fingerprint density at radius 3 is 2.05 bits per heavy atom. The molecule has 0 spiro atoms. The fourth-order valence-corrected chi connectivity index (χ4v) is 8.16. The van der Waals surface area contributed by atoms with Crippen LogP contribution in [0.1, 0.15) is 54.2 Å². The molecule has 2 aromatic rings. The molecule has 0 bridgehead atoms. The summed E-state index contributed by atoms with van der Waals surface area (Å²) in [5.41, 5.74) is -3.03. The first kappa shape index (κ1) is 29.3. The largest absolute Gasteiger partial charge is 0.417 e. The fourth-order valence-electron chi connectivity index (χ4n) is 4.57. The van der Waals surface area contributed by atoms with Crippen LogP contribution in [-0.4, -0.2) is 56.2 Å². The first-order valence-electron chi connectivity index (χ1n) is 12.0. The van der Waals surface area contributed by atoms with Crippen molar-refractivity contribution in [2.24, 2.45) is 5.92 Å². The maximum atomic E-state index is 13.2. The average molecular weight is 599 g/mol. The van der Waals surface area contributed by atoms with Gasteiger partial charge in [0.25, 0.3) is 5.91 Å². The van der Waals surface area contributed by atoms with Crippen LogP contribution in [0.3, 0.4) is 0 Å². The van der Waals surface area contributed by atoms with Gasteiger partial charge in [0, 0.05) is 19.3 Å². The van der Waals surface area contributed by atoms with E-state index in [2.05, 4.69) is 4.98 Å². The van der Waals surface area contributed by atoms with Crippen molar-refractivity contribution in [1.82, 2.24) is 9.88 Å². The molecule has 1 aliphatic heterocycles. The lowest BCUT2D eigenvalue weighted by Gasteiger charge is -2.34. The van der Waals surface area contributed by atoms with Gasteiger partial charge >= 0.3 is 12.4 Å². The van der Waals surface area contributed by atoms with Crippen molar-refractivity contribution in [3.8, 4) is 0 Å². The van der Waals surface area contributed by atoms with E-state index in [4.69, 9.17) is 0 Å². The Morgan fingerprint density at radius 2 is 1.51 bits per heavy atom. The molecule has 39 heavy (non-hydrogen) atoms. The number of nitrogens with zero attached hydrogens (tertiary/aromatic N) is 2. The highest BCUT2D eigenvalue weighted by Crippen LogP contribution is 2.38. The van der Waals surface area contributed by atoms with Crippen LogP contribution < -0.4 is 0 Å². The van der Waals surface area contributed by atoms with Crippen LogP contribution >= 0.6 is 0 Å². The van der Waals surface area contributed by atoms with E-state index in [9.17, 15) is 48.0 Å². The van der Waals surface area contributed by atoms with E-state index < -0.39 is 81.0 Å². The Kier molecular flexibility index (Phi) is 7.56. The van der Waals surface area contributed by atoms with Crippen molar-refractivity contribution in [1.29, 1.82) is 0 Å². The minimum atomic E-state index is -4.87. The number of piperidine rings is 1. The molecule has 1 atom stereocenters. The number of sulfone groups is 2. The number of hydrogen-bond donors (Lipinski definition) is 0. The summed E-state index contributed by atoms with van der Waals surface area (Å²) in [6.07, 6.45) is -8.44. The summed E-state index contributed by atoms with van der Waals surface area (Å²) in [5.74, 6) is -1.43. The van der Waals surface area contributed by atoms with Gasteiger partial charge < -0.3 is 4.90 Å². The number of carbonyl (C=O) groups is 1. The Hall–Kier alpha value is -2.68. The van der Waals surface area contributed by atoms with Gasteiger partial charge in [-0.15, -0.1) is 0 Å². The third kappa shape index (κ3) is 5.93. The van der Waals surface area contributed by atoms with Gasteiger partial charge in [-0.05, 0) is 62.8 Å². The lowest BCUT2D eigenvalue weighted by atomic mass is 9.94. The van der Waals surface area contributed by atoms with Crippen LogP contribution in [0, 0.1) is 5.92 Å². The molecule has 1 saturated carbocycles. The van der Waals surface area contributed by atoms with Gasteiger partial charge in [-0.3, -0.25) is 4.79 Å². The van der Waals surface area contributed by atoms with Gasteiger partial charge in [-0.25, -0.2) is 21.8 Å². The highest BCUT2D eigenvalue weighted by molar-refractivity contribution is 7.92. The monoisotopic (exact) mass is 598 g/mol. The van der Waals surface area contributed by atoms with Crippen LogP contribution in [0.2, 0.25) is 0 Å². The number of rotatable bonds is 6. The van der Waals surface area contributed by atoms with Crippen LogP contribution in [0.25, 0.3) is 0 Å².